The Kier molecular flexibility index (Phi) is 4.72. The van der Waals surface area contributed by atoms with Crippen molar-refractivity contribution in [3.05, 3.63) is 108 Å². The lowest BCUT2D eigenvalue weighted by molar-refractivity contribution is 0.330. The Labute approximate surface area is 185 Å². The molecule has 0 N–H and O–H groups in total. The summed E-state index contributed by atoms with van der Waals surface area (Å²) in [7, 11) is 0. The average Bonchev–Trinajstić information content (AvgIpc) is 3.19. The first-order chi connectivity index (χ1) is 15.4. The van der Waals surface area contributed by atoms with Gasteiger partial charge in [0.1, 0.15) is 0 Å². The minimum atomic E-state index is 0.505. The second kappa shape index (κ2) is 7.85. The van der Waals surface area contributed by atoms with Crippen molar-refractivity contribution in [1.82, 2.24) is 0 Å². The Morgan fingerprint density at radius 1 is 0.484 bits per heavy atom. The molecule has 0 aliphatic heterocycles. The zero-order chi connectivity index (χ0) is 20.6. The molecule has 0 aromatic heterocycles. The molecule has 1 fully saturated rings. The predicted molar refractivity (Wildman–Crippen MR) is 131 cm³/mol. The van der Waals surface area contributed by atoms with E-state index in [1.54, 1.807) is 11.1 Å². The molecule has 0 amide bonds. The molecule has 0 heteroatoms. The number of fused-ring (bicyclic) bond motifs is 3. The van der Waals surface area contributed by atoms with Gasteiger partial charge >= 0.3 is 0 Å². The van der Waals surface area contributed by atoms with Gasteiger partial charge in [0.15, 0.2) is 0 Å². The summed E-state index contributed by atoms with van der Waals surface area (Å²) in [6, 6.07) is 35.9. The largest absolute Gasteiger partial charge is 0.0622 e. The third-order valence-electron chi connectivity index (χ3n) is 7.41. The summed E-state index contributed by atoms with van der Waals surface area (Å²) in [5, 5.41) is 0. The van der Waals surface area contributed by atoms with Crippen LogP contribution < -0.4 is 0 Å². The van der Waals surface area contributed by atoms with Gasteiger partial charge < -0.3 is 0 Å². The molecule has 2 aliphatic carbocycles. The maximum Gasteiger partial charge on any atom is 0.0136 e. The van der Waals surface area contributed by atoms with E-state index in [1.807, 2.05) is 0 Å². The van der Waals surface area contributed by atoms with E-state index in [4.69, 9.17) is 0 Å². The molecule has 4 aromatic rings. The van der Waals surface area contributed by atoms with E-state index in [9.17, 15) is 0 Å². The molecule has 0 bridgehead atoms. The molecule has 0 saturated heterocycles. The van der Waals surface area contributed by atoms with Gasteiger partial charge in [-0.25, -0.2) is 0 Å². The molecular weight excluding hydrogens is 372 g/mol. The number of hydrogen-bond acceptors (Lipinski definition) is 0. The van der Waals surface area contributed by atoms with Crippen LogP contribution in [0.1, 0.15) is 49.1 Å². The molecule has 152 valence electrons. The molecule has 4 aromatic carbocycles. The van der Waals surface area contributed by atoms with E-state index in [0.717, 1.165) is 5.92 Å². The Morgan fingerprint density at radius 3 is 1.84 bits per heavy atom. The monoisotopic (exact) mass is 400 g/mol. The Bertz CT molecular complexity index is 1200. The predicted octanol–water partition coefficient (Wildman–Crippen LogP) is 8.71. The summed E-state index contributed by atoms with van der Waals surface area (Å²) in [6.07, 6.45) is 6.84. The summed E-state index contributed by atoms with van der Waals surface area (Å²) < 4.78 is 0. The summed E-state index contributed by atoms with van der Waals surface area (Å²) in [6.45, 7) is 0. The number of rotatable bonds is 3. The summed E-state index contributed by atoms with van der Waals surface area (Å²) >= 11 is 0. The van der Waals surface area contributed by atoms with Crippen molar-refractivity contribution in [3.63, 3.8) is 0 Å². The molecule has 1 unspecified atom stereocenters. The highest BCUT2D eigenvalue weighted by molar-refractivity contribution is 5.94. The molecule has 0 spiro atoms. The standard InChI is InChI=1S/C31H28/c1-4-12-22(13-5-1)25-20-21-28-26-18-10-11-19-27(26)30(24-16-8-3-9-17-24)31(28)29(25)23-14-6-2-7-15-23/h1-2,4-7,10-15,18-21,24,30H,3,8-9,16-17H2. The molecular formula is C31H28. The normalized spacial score (nSPS) is 17.9. The van der Waals surface area contributed by atoms with Crippen LogP contribution in [0.4, 0.5) is 0 Å². The van der Waals surface area contributed by atoms with E-state index < -0.39 is 0 Å². The van der Waals surface area contributed by atoms with Crippen molar-refractivity contribution < 1.29 is 0 Å². The number of hydrogen-bond donors (Lipinski definition) is 0. The average molecular weight is 401 g/mol. The molecule has 6 rings (SSSR count). The van der Waals surface area contributed by atoms with Crippen molar-refractivity contribution in [2.24, 2.45) is 5.92 Å². The molecule has 31 heavy (non-hydrogen) atoms. The van der Waals surface area contributed by atoms with E-state index in [1.165, 1.54) is 65.5 Å². The van der Waals surface area contributed by atoms with Gasteiger partial charge in [-0.1, -0.05) is 116 Å². The highest BCUT2D eigenvalue weighted by atomic mass is 14.4. The Morgan fingerprint density at radius 2 is 1.10 bits per heavy atom. The van der Waals surface area contributed by atoms with Crippen LogP contribution >= 0.6 is 0 Å². The lowest BCUT2D eigenvalue weighted by atomic mass is 9.73. The summed E-state index contributed by atoms with van der Waals surface area (Å²) in [5.74, 6) is 1.25. The molecule has 0 nitrogen and oxygen atoms in total. The van der Waals surface area contributed by atoms with Gasteiger partial charge in [0.2, 0.25) is 0 Å². The van der Waals surface area contributed by atoms with Gasteiger partial charge in [0.05, 0.1) is 0 Å². The van der Waals surface area contributed by atoms with E-state index in [-0.39, 0.29) is 0 Å². The molecule has 0 heterocycles. The molecule has 2 aliphatic rings. The second-order valence-electron chi connectivity index (χ2n) is 9.14. The Balaban J connectivity index is 1.66. The maximum atomic E-state index is 2.39. The SMILES string of the molecule is c1ccc(-c2ccc3c(c2-c2ccccc2)C(C2CCCCC2)c2ccccc2-3)cc1. The van der Waals surface area contributed by atoms with Gasteiger partial charge in [-0.2, -0.15) is 0 Å². The van der Waals surface area contributed by atoms with Crippen LogP contribution in [-0.2, 0) is 0 Å². The van der Waals surface area contributed by atoms with Gasteiger partial charge in [-0.3, -0.25) is 0 Å². The van der Waals surface area contributed by atoms with E-state index >= 15 is 0 Å². The highest BCUT2D eigenvalue weighted by Gasteiger charge is 2.37. The lowest BCUT2D eigenvalue weighted by Crippen LogP contribution is -2.16. The highest BCUT2D eigenvalue weighted by Crippen LogP contribution is 2.56. The van der Waals surface area contributed by atoms with Crippen LogP contribution in [0.15, 0.2) is 97.1 Å². The fourth-order valence-corrected chi connectivity index (χ4v) is 6.08. The number of benzene rings is 4. The van der Waals surface area contributed by atoms with E-state index in [0.29, 0.717) is 5.92 Å². The van der Waals surface area contributed by atoms with Crippen molar-refractivity contribution in [2.75, 3.05) is 0 Å². The third kappa shape index (κ3) is 3.13. The zero-order valence-electron chi connectivity index (χ0n) is 17.9. The first kappa shape index (κ1) is 18.6. The fraction of sp³-hybridized carbons (Fsp3) is 0.226. The van der Waals surface area contributed by atoms with Crippen LogP contribution in [0.25, 0.3) is 33.4 Å². The fourth-order valence-electron chi connectivity index (χ4n) is 6.08. The maximum absolute atomic E-state index is 2.39. The lowest BCUT2D eigenvalue weighted by Gasteiger charge is -2.31. The van der Waals surface area contributed by atoms with E-state index in [2.05, 4.69) is 97.1 Å². The van der Waals surface area contributed by atoms with Gasteiger partial charge in [0.25, 0.3) is 0 Å². The van der Waals surface area contributed by atoms with Crippen LogP contribution in [-0.4, -0.2) is 0 Å². The quantitative estimate of drug-likeness (QED) is 0.322. The molecule has 1 saturated carbocycles. The summed E-state index contributed by atoms with van der Waals surface area (Å²) in [4.78, 5) is 0. The zero-order valence-corrected chi connectivity index (χ0v) is 17.9. The Hall–Kier alpha value is -3.12. The van der Waals surface area contributed by atoms with Crippen LogP contribution in [0, 0.1) is 5.92 Å². The van der Waals surface area contributed by atoms with Gasteiger partial charge in [-0.05, 0) is 63.3 Å². The van der Waals surface area contributed by atoms with Crippen LogP contribution in [0.2, 0.25) is 0 Å². The first-order valence-corrected chi connectivity index (χ1v) is 11.8. The first-order valence-electron chi connectivity index (χ1n) is 11.8. The topological polar surface area (TPSA) is 0 Å². The van der Waals surface area contributed by atoms with Gasteiger partial charge in [-0.15, -0.1) is 0 Å². The van der Waals surface area contributed by atoms with Crippen molar-refractivity contribution in [1.29, 1.82) is 0 Å². The minimum Gasteiger partial charge on any atom is -0.0622 e. The third-order valence-corrected chi connectivity index (χ3v) is 7.41. The minimum absolute atomic E-state index is 0.505. The smallest absolute Gasteiger partial charge is 0.0136 e. The van der Waals surface area contributed by atoms with Crippen LogP contribution in [0.5, 0.6) is 0 Å². The molecule has 0 radical (unpaired) electrons. The summed E-state index contributed by atoms with van der Waals surface area (Å²) in [5.41, 5.74) is 11.5. The van der Waals surface area contributed by atoms with Crippen molar-refractivity contribution in [2.45, 2.75) is 38.0 Å². The van der Waals surface area contributed by atoms with Crippen molar-refractivity contribution >= 4 is 0 Å². The molecule has 1 atom stereocenters. The second-order valence-corrected chi connectivity index (χ2v) is 9.14. The van der Waals surface area contributed by atoms with Crippen LogP contribution in [0.3, 0.4) is 0 Å². The van der Waals surface area contributed by atoms with Gasteiger partial charge in [0, 0.05) is 5.92 Å². The van der Waals surface area contributed by atoms with Crippen molar-refractivity contribution in [3.8, 4) is 33.4 Å².